The predicted molar refractivity (Wildman–Crippen MR) is 116 cm³/mol. The summed E-state index contributed by atoms with van der Waals surface area (Å²) in [5.74, 6) is 2.81. The summed E-state index contributed by atoms with van der Waals surface area (Å²) in [7, 11) is 0. The zero-order valence-corrected chi connectivity index (χ0v) is 18.0. The van der Waals surface area contributed by atoms with Gasteiger partial charge in [0.05, 0.1) is 16.7 Å². The Hall–Kier alpha value is -1.82. The Bertz CT molecular complexity index is 978. The van der Waals surface area contributed by atoms with Gasteiger partial charge in [0.15, 0.2) is 5.16 Å². The van der Waals surface area contributed by atoms with E-state index in [1.165, 1.54) is 31.0 Å². The molecule has 154 valence electrons. The highest BCUT2D eigenvalue weighted by Gasteiger charge is 2.51. The number of hydrogen-bond acceptors (Lipinski definition) is 4. The number of amides is 1. The fourth-order valence-corrected chi connectivity index (χ4v) is 7.34. The number of carbonyl (C=O) groups is 1. The minimum atomic E-state index is -0.0328. The molecule has 0 unspecified atom stereocenters. The number of benzene rings is 1. The number of nitrogens with one attached hydrogen (secondary N) is 1. The molecule has 5 nitrogen and oxygen atoms in total. The molecule has 4 aliphatic carbocycles. The largest absolute Gasteiger partial charge is 0.350 e. The molecule has 4 saturated carbocycles. The second-order valence-electron chi connectivity index (χ2n) is 9.72. The second kappa shape index (κ2) is 7.15. The Morgan fingerprint density at radius 1 is 1.17 bits per heavy atom. The van der Waals surface area contributed by atoms with E-state index >= 15 is 0 Å². The first kappa shape index (κ1) is 19.2. The van der Waals surface area contributed by atoms with Gasteiger partial charge in [-0.2, -0.15) is 0 Å². The van der Waals surface area contributed by atoms with Crippen LogP contribution >= 0.6 is 11.8 Å². The summed E-state index contributed by atoms with van der Waals surface area (Å²) in [6, 6.07) is 7.43. The van der Waals surface area contributed by atoms with Crippen molar-refractivity contribution in [3.63, 3.8) is 0 Å². The van der Waals surface area contributed by atoms with Crippen molar-refractivity contribution in [1.82, 2.24) is 14.9 Å². The average molecular weight is 412 g/mol. The Morgan fingerprint density at radius 3 is 2.41 bits per heavy atom. The van der Waals surface area contributed by atoms with Crippen molar-refractivity contribution < 1.29 is 4.79 Å². The third kappa shape index (κ3) is 3.49. The maximum absolute atomic E-state index is 12.9. The van der Waals surface area contributed by atoms with Crippen molar-refractivity contribution in [2.75, 3.05) is 5.75 Å². The second-order valence-corrected chi connectivity index (χ2v) is 10.7. The van der Waals surface area contributed by atoms with Crippen LogP contribution in [0.3, 0.4) is 0 Å². The highest BCUT2D eigenvalue weighted by atomic mass is 32.2. The third-order valence-corrected chi connectivity index (χ3v) is 8.02. The number of hydrogen-bond donors (Lipinski definition) is 1. The Balaban J connectivity index is 1.33. The van der Waals surface area contributed by atoms with Gasteiger partial charge in [-0.3, -0.25) is 14.2 Å². The van der Waals surface area contributed by atoms with Crippen LogP contribution < -0.4 is 10.9 Å². The lowest BCUT2D eigenvalue weighted by Gasteiger charge is -2.56. The minimum absolute atomic E-state index is 0.00618. The van der Waals surface area contributed by atoms with Crippen molar-refractivity contribution in [1.29, 1.82) is 0 Å². The maximum Gasteiger partial charge on any atom is 0.262 e. The molecule has 1 amide bonds. The van der Waals surface area contributed by atoms with Gasteiger partial charge in [0, 0.05) is 11.6 Å². The van der Waals surface area contributed by atoms with Crippen LogP contribution in [0.1, 0.15) is 58.4 Å². The van der Waals surface area contributed by atoms with Gasteiger partial charge in [-0.1, -0.05) is 23.9 Å². The van der Waals surface area contributed by atoms with E-state index in [2.05, 4.69) is 5.32 Å². The fourth-order valence-electron chi connectivity index (χ4n) is 6.41. The monoisotopic (exact) mass is 411 g/mol. The molecular weight excluding hydrogens is 382 g/mol. The smallest absolute Gasteiger partial charge is 0.262 e. The predicted octanol–water partition coefficient (Wildman–Crippen LogP) is 4.15. The Morgan fingerprint density at radius 2 is 1.79 bits per heavy atom. The summed E-state index contributed by atoms with van der Waals surface area (Å²) < 4.78 is 1.71. The molecule has 4 bridgehead atoms. The summed E-state index contributed by atoms with van der Waals surface area (Å²) in [5, 5.41) is 4.68. The van der Waals surface area contributed by atoms with Crippen LogP contribution in [-0.2, 0) is 4.79 Å². The van der Waals surface area contributed by atoms with E-state index in [9.17, 15) is 9.59 Å². The summed E-state index contributed by atoms with van der Waals surface area (Å²) >= 11 is 1.38. The van der Waals surface area contributed by atoms with E-state index < -0.39 is 0 Å². The Kier molecular flexibility index (Phi) is 4.72. The SMILES string of the molecule is CC(C)n1c(SCC(=O)NC23CC4CC(CC(C4)C2)C3)nc2ccccc2c1=O. The molecule has 1 aromatic carbocycles. The normalized spacial score (nSPS) is 30.2. The molecule has 29 heavy (non-hydrogen) atoms. The molecular formula is C23H29N3O2S. The summed E-state index contributed by atoms with van der Waals surface area (Å²) in [5.41, 5.74) is 0.689. The standard InChI is InChI=1S/C23H29N3O2S/c1-14(2)26-21(28)18-5-3-4-6-19(18)24-22(26)29-13-20(27)25-23-10-15-7-16(11-23)9-17(8-15)12-23/h3-6,14-17H,7-13H2,1-2H3,(H,25,27). The molecule has 0 aliphatic heterocycles. The third-order valence-electron chi connectivity index (χ3n) is 7.07. The first-order valence-corrected chi connectivity index (χ1v) is 11.9. The van der Waals surface area contributed by atoms with Crippen molar-refractivity contribution in [2.45, 2.75) is 69.1 Å². The number of fused-ring (bicyclic) bond motifs is 1. The van der Waals surface area contributed by atoms with Crippen molar-refractivity contribution in [3.05, 3.63) is 34.6 Å². The summed E-state index contributed by atoms with van der Waals surface area (Å²) in [4.78, 5) is 30.5. The van der Waals surface area contributed by atoms with E-state index in [4.69, 9.17) is 4.98 Å². The van der Waals surface area contributed by atoms with Gasteiger partial charge in [-0.25, -0.2) is 4.98 Å². The molecule has 1 aromatic heterocycles. The van der Waals surface area contributed by atoms with E-state index in [-0.39, 0.29) is 23.0 Å². The lowest BCUT2D eigenvalue weighted by atomic mass is 9.53. The first-order chi connectivity index (χ1) is 13.9. The molecule has 6 heteroatoms. The zero-order valence-electron chi connectivity index (χ0n) is 17.2. The molecule has 0 atom stereocenters. The molecule has 1 heterocycles. The summed E-state index contributed by atoms with van der Waals surface area (Å²) in [6.45, 7) is 3.97. The van der Waals surface area contributed by atoms with Crippen LogP contribution in [0.25, 0.3) is 10.9 Å². The van der Waals surface area contributed by atoms with E-state index in [0.29, 0.717) is 21.8 Å². The number of thioether (sulfide) groups is 1. The molecule has 0 radical (unpaired) electrons. The number of aromatic nitrogens is 2. The topological polar surface area (TPSA) is 64.0 Å². The van der Waals surface area contributed by atoms with Crippen LogP contribution in [0.5, 0.6) is 0 Å². The van der Waals surface area contributed by atoms with Crippen molar-refractivity contribution >= 4 is 28.6 Å². The molecule has 4 aliphatic rings. The highest BCUT2D eigenvalue weighted by Crippen LogP contribution is 2.55. The van der Waals surface area contributed by atoms with Gasteiger partial charge < -0.3 is 5.32 Å². The van der Waals surface area contributed by atoms with Gasteiger partial charge in [-0.05, 0) is 82.3 Å². The molecule has 0 spiro atoms. The van der Waals surface area contributed by atoms with Crippen LogP contribution in [-0.4, -0.2) is 26.8 Å². The number of carbonyl (C=O) groups excluding carboxylic acids is 1. The van der Waals surface area contributed by atoms with Crippen molar-refractivity contribution in [2.24, 2.45) is 17.8 Å². The molecule has 1 N–H and O–H groups in total. The molecule has 6 rings (SSSR count). The zero-order chi connectivity index (χ0) is 20.2. The van der Waals surface area contributed by atoms with Gasteiger partial charge in [0.25, 0.3) is 5.56 Å². The highest BCUT2D eigenvalue weighted by molar-refractivity contribution is 7.99. The van der Waals surface area contributed by atoms with Gasteiger partial charge in [0.2, 0.25) is 5.91 Å². The van der Waals surface area contributed by atoms with Crippen molar-refractivity contribution in [3.8, 4) is 0 Å². The van der Waals surface area contributed by atoms with E-state index in [1.807, 2.05) is 38.1 Å². The lowest BCUT2D eigenvalue weighted by molar-refractivity contribution is -0.124. The van der Waals surface area contributed by atoms with E-state index in [0.717, 1.165) is 37.0 Å². The van der Waals surface area contributed by atoms with Crippen LogP contribution in [0.15, 0.2) is 34.2 Å². The maximum atomic E-state index is 12.9. The quantitative estimate of drug-likeness (QED) is 0.593. The minimum Gasteiger partial charge on any atom is -0.350 e. The van der Waals surface area contributed by atoms with Crippen LogP contribution in [0.2, 0.25) is 0 Å². The number of rotatable bonds is 5. The number of nitrogens with zero attached hydrogens (tertiary/aromatic N) is 2. The molecule has 4 fully saturated rings. The van der Waals surface area contributed by atoms with Gasteiger partial charge in [0.1, 0.15) is 0 Å². The van der Waals surface area contributed by atoms with E-state index in [1.54, 1.807) is 4.57 Å². The first-order valence-electron chi connectivity index (χ1n) is 10.9. The van der Waals surface area contributed by atoms with Crippen LogP contribution in [0.4, 0.5) is 0 Å². The molecule has 2 aromatic rings. The van der Waals surface area contributed by atoms with Crippen LogP contribution in [0, 0.1) is 17.8 Å². The van der Waals surface area contributed by atoms with Gasteiger partial charge >= 0.3 is 0 Å². The Labute approximate surface area is 175 Å². The fraction of sp³-hybridized carbons (Fsp3) is 0.609. The average Bonchev–Trinajstić information content (AvgIpc) is 2.64. The lowest BCUT2D eigenvalue weighted by Crippen LogP contribution is -2.60. The van der Waals surface area contributed by atoms with Gasteiger partial charge in [-0.15, -0.1) is 0 Å². The molecule has 0 saturated heterocycles. The number of para-hydroxylation sites is 1. The summed E-state index contributed by atoms with van der Waals surface area (Å²) in [6.07, 6.45) is 7.56.